The summed E-state index contributed by atoms with van der Waals surface area (Å²) in [7, 11) is 0. The molecule has 0 amide bonds. The fourth-order valence-electron chi connectivity index (χ4n) is 1.67. The van der Waals surface area contributed by atoms with E-state index in [1.807, 2.05) is 25.1 Å². The Morgan fingerprint density at radius 2 is 2.06 bits per heavy atom. The van der Waals surface area contributed by atoms with Crippen LogP contribution in [0, 0.1) is 0 Å². The number of aryl methyl sites for hydroxylation is 1. The Hall–Kier alpha value is -0.0300. The summed E-state index contributed by atoms with van der Waals surface area (Å²) in [5.41, 5.74) is 1.86. The van der Waals surface area contributed by atoms with Crippen molar-refractivity contribution in [2.45, 2.75) is 32.0 Å². The molecule has 16 heavy (non-hydrogen) atoms. The monoisotopic (exact) mass is 304 g/mol. The molecule has 0 heterocycles. The molecule has 2 nitrogen and oxygen atoms in total. The molecule has 0 aliphatic heterocycles. The van der Waals surface area contributed by atoms with E-state index in [0.29, 0.717) is 12.2 Å². The van der Waals surface area contributed by atoms with Gasteiger partial charge in [-0.15, -0.1) is 0 Å². The largest absolute Gasteiger partial charge is 0.390 e. The summed E-state index contributed by atoms with van der Waals surface area (Å²) < 4.78 is 0.990. The minimum atomic E-state index is -0.824. The van der Waals surface area contributed by atoms with Crippen LogP contribution in [-0.4, -0.2) is 22.1 Å². The van der Waals surface area contributed by atoms with E-state index in [9.17, 15) is 10.2 Å². The first-order valence-electron chi connectivity index (χ1n) is 5.35. The van der Waals surface area contributed by atoms with Gasteiger partial charge in [-0.05, 0) is 41.9 Å². The maximum atomic E-state index is 10.0. The second kappa shape index (κ2) is 6.64. The highest BCUT2D eigenvalue weighted by Gasteiger charge is 2.19. The topological polar surface area (TPSA) is 40.5 Å². The summed E-state index contributed by atoms with van der Waals surface area (Å²) in [6.07, 6.45) is -0.248. The molecular formula is C12H17BrO2S. The van der Waals surface area contributed by atoms with Gasteiger partial charge in [-0.2, -0.15) is 12.6 Å². The second-order valence-corrected chi connectivity index (χ2v) is 5.08. The fraction of sp³-hybridized carbons (Fsp3) is 0.500. The Morgan fingerprint density at radius 3 is 2.62 bits per heavy atom. The van der Waals surface area contributed by atoms with Gasteiger partial charge in [-0.25, -0.2) is 0 Å². The van der Waals surface area contributed by atoms with E-state index in [1.54, 1.807) is 0 Å². The number of halogens is 1. The number of benzene rings is 1. The molecule has 2 unspecified atom stereocenters. The average molecular weight is 305 g/mol. The number of aliphatic hydroxyl groups is 2. The van der Waals surface area contributed by atoms with Crippen molar-refractivity contribution in [3.8, 4) is 0 Å². The molecule has 0 bridgehead atoms. The normalized spacial score (nSPS) is 14.8. The van der Waals surface area contributed by atoms with Crippen LogP contribution in [-0.2, 0) is 6.42 Å². The van der Waals surface area contributed by atoms with Crippen molar-refractivity contribution in [1.29, 1.82) is 0 Å². The van der Waals surface area contributed by atoms with E-state index in [1.165, 1.54) is 0 Å². The first kappa shape index (κ1) is 14.0. The minimum Gasteiger partial charge on any atom is -0.390 e. The molecule has 1 aromatic carbocycles. The zero-order valence-electron chi connectivity index (χ0n) is 9.23. The minimum absolute atomic E-state index is 0.490. The summed E-state index contributed by atoms with van der Waals surface area (Å²) in [6.45, 7) is 2.03. The molecule has 2 N–H and O–H groups in total. The van der Waals surface area contributed by atoms with Crippen LogP contribution in [0.3, 0.4) is 0 Å². The molecule has 1 rings (SSSR count). The van der Waals surface area contributed by atoms with Gasteiger partial charge in [0.05, 0.1) is 6.10 Å². The molecule has 0 aliphatic carbocycles. The highest BCUT2D eigenvalue weighted by molar-refractivity contribution is 9.10. The third-order valence-electron chi connectivity index (χ3n) is 2.59. The van der Waals surface area contributed by atoms with E-state index < -0.39 is 12.2 Å². The van der Waals surface area contributed by atoms with Crippen molar-refractivity contribution in [2.75, 3.05) is 5.75 Å². The van der Waals surface area contributed by atoms with Crippen LogP contribution in [0.1, 0.15) is 30.6 Å². The summed E-state index contributed by atoms with van der Waals surface area (Å²) in [6, 6.07) is 5.71. The van der Waals surface area contributed by atoms with Gasteiger partial charge >= 0.3 is 0 Å². The summed E-state index contributed by atoms with van der Waals surface area (Å²) in [5.74, 6) is 0.566. The molecule has 4 heteroatoms. The molecule has 0 saturated carbocycles. The van der Waals surface area contributed by atoms with Gasteiger partial charge in [0.2, 0.25) is 0 Å². The lowest BCUT2D eigenvalue weighted by Crippen LogP contribution is -2.19. The number of rotatable bonds is 5. The lowest BCUT2D eigenvalue weighted by Gasteiger charge is -2.20. The maximum Gasteiger partial charge on any atom is 0.105 e. The Labute approximate surface area is 110 Å². The fourth-order valence-corrected chi connectivity index (χ4v) is 2.34. The lowest BCUT2D eigenvalue weighted by molar-refractivity contribution is 0.0167. The predicted molar refractivity (Wildman–Crippen MR) is 73.0 cm³/mol. The summed E-state index contributed by atoms with van der Waals surface area (Å²) in [5, 5.41) is 19.8. The number of hydrogen-bond acceptors (Lipinski definition) is 3. The van der Waals surface area contributed by atoms with E-state index in [2.05, 4.69) is 28.6 Å². The molecule has 1 aromatic rings. The molecule has 90 valence electrons. The van der Waals surface area contributed by atoms with Crippen molar-refractivity contribution in [1.82, 2.24) is 0 Å². The molecular weight excluding hydrogens is 288 g/mol. The lowest BCUT2D eigenvalue weighted by atomic mass is 9.96. The Morgan fingerprint density at radius 1 is 1.38 bits per heavy atom. The van der Waals surface area contributed by atoms with Crippen molar-refractivity contribution < 1.29 is 10.2 Å². The average Bonchev–Trinajstić information content (AvgIpc) is 2.28. The summed E-state index contributed by atoms with van der Waals surface area (Å²) in [4.78, 5) is 0. The van der Waals surface area contributed by atoms with Crippen LogP contribution in [0.4, 0.5) is 0 Å². The molecule has 2 atom stereocenters. The Kier molecular flexibility index (Phi) is 5.83. The second-order valence-electron chi connectivity index (χ2n) is 3.72. The number of thiol groups is 1. The third-order valence-corrected chi connectivity index (χ3v) is 3.35. The van der Waals surface area contributed by atoms with E-state index >= 15 is 0 Å². The highest BCUT2D eigenvalue weighted by atomic mass is 79.9. The van der Waals surface area contributed by atoms with Crippen LogP contribution in [0.2, 0.25) is 0 Å². The maximum absolute atomic E-state index is 10.0. The van der Waals surface area contributed by atoms with Crippen molar-refractivity contribution in [3.63, 3.8) is 0 Å². The van der Waals surface area contributed by atoms with Crippen LogP contribution >= 0.6 is 28.6 Å². The van der Waals surface area contributed by atoms with Crippen LogP contribution in [0.5, 0.6) is 0 Å². The zero-order chi connectivity index (χ0) is 12.1. The van der Waals surface area contributed by atoms with Crippen LogP contribution in [0.25, 0.3) is 0 Å². The Balaban J connectivity index is 2.93. The number of aliphatic hydroxyl groups excluding tert-OH is 2. The van der Waals surface area contributed by atoms with Crippen LogP contribution < -0.4 is 0 Å². The molecule has 0 radical (unpaired) electrons. The quantitative estimate of drug-likeness (QED) is 0.732. The van der Waals surface area contributed by atoms with Gasteiger partial charge in [0.15, 0.2) is 0 Å². The zero-order valence-corrected chi connectivity index (χ0v) is 11.7. The summed E-state index contributed by atoms with van der Waals surface area (Å²) >= 11 is 7.45. The molecule has 0 spiro atoms. The van der Waals surface area contributed by atoms with Crippen molar-refractivity contribution in [2.24, 2.45) is 0 Å². The SMILES string of the molecule is CCc1cc(Br)ccc1C(O)C(O)CCS. The van der Waals surface area contributed by atoms with E-state index in [-0.39, 0.29) is 0 Å². The molecule has 0 fully saturated rings. The number of hydrogen-bond donors (Lipinski definition) is 3. The van der Waals surface area contributed by atoms with Gasteiger partial charge in [0.25, 0.3) is 0 Å². The van der Waals surface area contributed by atoms with Crippen molar-refractivity contribution in [3.05, 3.63) is 33.8 Å². The first-order valence-corrected chi connectivity index (χ1v) is 6.78. The smallest absolute Gasteiger partial charge is 0.105 e. The van der Waals surface area contributed by atoms with Gasteiger partial charge in [0.1, 0.15) is 6.10 Å². The van der Waals surface area contributed by atoms with Gasteiger partial charge in [-0.3, -0.25) is 0 Å². The van der Waals surface area contributed by atoms with E-state index in [4.69, 9.17) is 0 Å². The van der Waals surface area contributed by atoms with Crippen molar-refractivity contribution >= 4 is 28.6 Å². The standard InChI is InChI=1S/C12H17BrO2S/c1-2-8-7-9(13)3-4-10(8)12(15)11(14)5-6-16/h3-4,7,11-12,14-16H,2,5-6H2,1H3. The van der Waals surface area contributed by atoms with Gasteiger partial charge in [-0.1, -0.05) is 28.9 Å². The van der Waals surface area contributed by atoms with Gasteiger partial charge in [0, 0.05) is 4.47 Å². The molecule has 0 saturated heterocycles. The molecule has 0 aromatic heterocycles. The van der Waals surface area contributed by atoms with E-state index in [0.717, 1.165) is 22.0 Å². The van der Waals surface area contributed by atoms with Crippen LogP contribution in [0.15, 0.2) is 22.7 Å². The third kappa shape index (κ3) is 3.48. The first-order chi connectivity index (χ1) is 7.60. The predicted octanol–water partition coefficient (Wildman–Crippen LogP) is 2.73. The Bertz CT molecular complexity index is 344. The molecule has 0 aliphatic rings. The van der Waals surface area contributed by atoms with Gasteiger partial charge < -0.3 is 10.2 Å². The highest BCUT2D eigenvalue weighted by Crippen LogP contribution is 2.26.